The number of carbonyl (C=O) groups is 1. The quantitative estimate of drug-likeness (QED) is 0.203. The molecule has 2 unspecified atom stereocenters. The predicted octanol–water partition coefficient (Wildman–Crippen LogP) is 8.90. The fourth-order valence-corrected chi connectivity index (χ4v) is 7.58. The lowest BCUT2D eigenvalue weighted by Crippen LogP contribution is -2.61. The van der Waals surface area contributed by atoms with Gasteiger partial charge in [0, 0.05) is 23.1 Å². The zero-order valence-corrected chi connectivity index (χ0v) is 26.5. The summed E-state index contributed by atoms with van der Waals surface area (Å²) in [6.45, 7) is 0. The van der Waals surface area contributed by atoms with Crippen molar-refractivity contribution in [2.45, 2.75) is 18.3 Å². The summed E-state index contributed by atoms with van der Waals surface area (Å²) in [4.78, 5) is 13.9. The van der Waals surface area contributed by atoms with Gasteiger partial charge in [-0.25, -0.2) is 9.69 Å². The van der Waals surface area contributed by atoms with Crippen LogP contribution in [-0.2, 0) is 0 Å². The topological polar surface area (TPSA) is 71.8 Å². The first-order valence-corrected chi connectivity index (χ1v) is 16.7. The number of hydrogen-bond donors (Lipinski definition) is 1. The van der Waals surface area contributed by atoms with Crippen LogP contribution < -0.4 is 10.1 Å². The number of thioether (sulfide) groups is 1. The van der Waals surface area contributed by atoms with Crippen LogP contribution in [0.4, 0.5) is 4.79 Å². The third-order valence-corrected chi connectivity index (χ3v) is 9.87. The molecule has 2 atom stereocenters. The Balaban J connectivity index is 1.10. The number of hydrazone groups is 1. The molecule has 5 aromatic carbocycles. The molecule has 0 bridgehead atoms. The number of para-hydroxylation sites is 1. The van der Waals surface area contributed by atoms with Gasteiger partial charge in [-0.2, -0.15) is 10.2 Å². The van der Waals surface area contributed by atoms with Gasteiger partial charge in [0.2, 0.25) is 0 Å². The van der Waals surface area contributed by atoms with Crippen molar-refractivity contribution in [3.05, 3.63) is 167 Å². The predicted molar refractivity (Wildman–Crippen MR) is 191 cm³/mol. The molecular formula is C40H29N5O2S. The molecule has 1 fully saturated rings. The van der Waals surface area contributed by atoms with E-state index in [1.54, 1.807) is 0 Å². The summed E-state index contributed by atoms with van der Waals surface area (Å²) < 4.78 is 8.71. The molecule has 4 heterocycles. The highest BCUT2D eigenvalue weighted by Gasteiger charge is 2.58. The summed E-state index contributed by atoms with van der Waals surface area (Å²) in [7, 11) is 0. The van der Waals surface area contributed by atoms with Crippen LogP contribution in [0.5, 0.6) is 5.75 Å². The monoisotopic (exact) mass is 643 g/mol. The molecule has 1 N–H and O–H groups in total. The second kappa shape index (κ2) is 11.4. The fraction of sp³-hybridized carbons (Fsp3) is 0.0750. The van der Waals surface area contributed by atoms with Gasteiger partial charge in [0.15, 0.2) is 0 Å². The van der Waals surface area contributed by atoms with Crippen LogP contribution in [0.25, 0.3) is 34.3 Å². The second-order valence-electron chi connectivity index (χ2n) is 11.9. The Labute approximate surface area is 282 Å². The van der Waals surface area contributed by atoms with E-state index in [0.29, 0.717) is 6.42 Å². The maximum Gasteiger partial charge on any atom is 0.314 e. The second-order valence-corrected chi connectivity index (χ2v) is 12.9. The lowest BCUT2D eigenvalue weighted by Gasteiger charge is -2.45. The zero-order valence-electron chi connectivity index (χ0n) is 25.7. The number of carbonyl (C=O) groups excluding carboxylic acids is 1. The summed E-state index contributed by atoms with van der Waals surface area (Å²) in [5.74, 6) is -0.517. The average molecular weight is 644 g/mol. The van der Waals surface area contributed by atoms with E-state index >= 15 is 0 Å². The van der Waals surface area contributed by atoms with Crippen LogP contribution in [0.15, 0.2) is 156 Å². The van der Waals surface area contributed by atoms with Crippen LogP contribution in [0.2, 0.25) is 0 Å². The highest BCUT2D eigenvalue weighted by molar-refractivity contribution is 8.17. The first kappa shape index (κ1) is 28.4. The van der Waals surface area contributed by atoms with E-state index in [1.165, 1.54) is 0 Å². The standard InChI is InChI=1S/C40H29N5O2S/c46-39-41-40(45-36(32-18-10-11-19-37(32)47-40)26-34(43-45)29-14-6-2-7-15-29)38(48-39)24-27-20-22-31(23-21-27)44-35(30-16-8-3-9-17-30)25-33(42-44)28-12-4-1-5-13-28/h1-25,36H,26H2,(H,41,46). The zero-order chi connectivity index (χ0) is 32.1. The van der Waals surface area contributed by atoms with Gasteiger partial charge in [-0.05, 0) is 53.2 Å². The molecule has 7 nitrogen and oxygen atoms in total. The minimum atomic E-state index is -1.26. The Morgan fingerprint density at radius 2 is 1.42 bits per heavy atom. The summed E-state index contributed by atoms with van der Waals surface area (Å²) in [6, 6.07) is 49.0. The van der Waals surface area contributed by atoms with Crippen molar-refractivity contribution >= 4 is 28.8 Å². The van der Waals surface area contributed by atoms with Crippen molar-refractivity contribution < 1.29 is 9.53 Å². The minimum absolute atomic E-state index is 0.0926. The van der Waals surface area contributed by atoms with Crippen molar-refractivity contribution in [2.24, 2.45) is 5.10 Å². The van der Waals surface area contributed by atoms with Crippen LogP contribution in [0, 0.1) is 0 Å². The molecule has 232 valence electrons. The number of ether oxygens (including phenoxy) is 1. The number of aromatic nitrogens is 2. The largest absolute Gasteiger partial charge is 0.444 e. The summed E-state index contributed by atoms with van der Waals surface area (Å²) in [5.41, 5.74) is 8.97. The molecule has 48 heavy (non-hydrogen) atoms. The van der Waals surface area contributed by atoms with Crippen LogP contribution in [0.3, 0.4) is 0 Å². The maximum atomic E-state index is 13.1. The molecule has 3 aliphatic rings. The Hall–Kier alpha value is -5.86. The van der Waals surface area contributed by atoms with E-state index in [9.17, 15) is 4.79 Å². The van der Waals surface area contributed by atoms with Gasteiger partial charge in [0.1, 0.15) is 5.75 Å². The fourth-order valence-electron chi connectivity index (χ4n) is 6.68. The minimum Gasteiger partial charge on any atom is -0.444 e. The SMILES string of the molecule is O=C1NC2(Oc3ccccc3C3CC(c4ccccc4)=NN32)C(=Cc2ccc(-n3nc(-c4ccccc4)cc3-c3ccccc3)cc2)S1. The van der Waals surface area contributed by atoms with E-state index in [-0.39, 0.29) is 11.3 Å². The van der Waals surface area contributed by atoms with Crippen LogP contribution >= 0.6 is 11.8 Å². The van der Waals surface area contributed by atoms with E-state index in [0.717, 1.165) is 73.0 Å². The Bertz CT molecular complexity index is 2220. The van der Waals surface area contributed by atoms with Gasteiger partial charge in [-0.15, -0.1) is 0 Å². The number of rotatable bonds is 5. The van der Waals surface area contributed by atoms with E-state index < -0.39 is 5.85 Å². The molecule has 8 heteroatoms. The van der Waals surface area contributed by atoms with E-state index in [4.69, 9.17) is 14.9 Å². The molecule has 1 spiro atoms. The van der Waals surface area contributed by atoms with Gasteiger partial charge in [-0.1, -0.05) is 121 Å². The first-order valence-electron chi connectivity index (χ1n) is 15.9. The maximum absolute atomic E-state index is 13.1. The first-order chi connectivity index (χ1) is 23.6. The third kappa shape index (κ3) is 4.80. The number of hydrogen-bond acceptors (Lipinski definition) is 6. The van der Waals surface area contributed by atoms with Crippen molar-refractivity contribution in [3.63, 3.8) is 0 Å². The van der Waals surface area contributed by atoms with Gasteiger partial charge < -0.3 is 4.74 Å². The lowest BCUT2D eigenvalue weighted by molar-refractivity contribution is -0.0949. The molecule has 0 saturated carbocycles. The molecular weight excluding hydrogens is 615 g/mol. The summed E-state index contributed by atoms with van der Waals surface area (Å²) >= 11 is 1.15. The molecule has 0 radical (unpaired) electrons. The van der Waals surface area contributed by atoms with Gasteiger partial charge in [0.25, 0.3) is 5.24 Å². The van der Waals surface area contributed by atoms with Crippen molar-refractivity contribution in [2.75, 3.05) is 0 Å². The van der Waals surface area contributed by atoms with Crippen molar-refractivity contribution in [3.8, 4) is 34.0 Å². The van der Waals surface area contributed by atoms with Crippen LogP contribution in [-0.4, -0.2) is 31.6 Å². The highest BCUT2D eigenvalue weighted by Crippen LogP contribution is 2.52. The van der Waals surface area contributed by atoms with E-state index in [1.807, 2.05) is 88.6 Å². The van der Waals surface area contributed by atoms with Gasteiger partial charge >= 0.3 is 5.85 Å². The molecule has 0 aliphatic carbocycles. The van der Waals surface area contributed by atoms with Crippen molar-refractivity contribution in [1.82, 2.24) is 20.1 Å². The number of nitrogens with one attached hydrogen (secondary N) is 1. The average Bonchev–Trinajstić information content (AvgIpc) is 3.87. The molecule has 1 saturated heterocycles. The highest BCUT2D eigenvalue weighted by atomic mass is 32.2. The molecule has 3 aliphatic heterocycles. The Morgan fingerprint density at radius 3 is 2.15 bits per heavy atom. The molecule has 9 rings (SSSR count). The molecule has 1 aromatic heterocycles. The summed E-state index contributed by atoms with van der Waals surface area (Å²) in [5, 5.41) is 15.0. The van der Waals surface area contributed by atoms with Gasteiger partial charge in [0.05, 0.1) is 33.7 Å². The normalized spacial score (nSPS) is 20.3. The van der Waals surface area contributed by atoms with Crippen molar-refractivity contribution in [1.29, 1.82) is 0 Å². The number of amides is 1. The lowest BCUT2D eigenvalue weighted by atomic mass is 9.95. The molecule has 6 aromatic rings. The number of benzene rings is 5. The summed E-state index contributed by atoms with van der Waals surface area (Å²) in [6.07, 6.45) is 2.72. The van der Waals surface area contributed by atoms with Crippen LogP contribution in [0.1, 0.15) is 29.2 Å². The molecule has 1 amide bonds. The van der Waals surface area contributed by atoms with Gasteiger partial charge in [-0.3, -0.25) is 10.1 Å². The number of fused-ring (bicyclic) bond motifs is 4. The van der Waals surface area contributed by atoms with E-state index in [2.05, 4.69) is 78.1 Å². The smallest absolute Gasteiger partial charge is 0.314 e. The third-order valence-electron chi connectivity index (χ3n) is 8.97. The number of nitrogens with zero attached hydrogens (tertiary/aromatic N) is 4. The Kier molecular flexibility index (Phi) is 6.76. The Morgan fingerprint density at radius 1 is 0.771 bits per heavy atom.